The molecular weight excluding hydrogens is 358 g/mol. The molecule has 1 aliphatic heterocycles. The molecule has 2 heterocycles. The Bertz CT molecular complexity index is 951. The van der Waals surface area contributed by atoms with Crippen molar-refractivity contribution < 1.29 is 14.2 Å². The number of rotatable bonds is 7. The van der Waals surface area contributed by atoms with E-state index in [9.17, 15) is 0 Å². The number of nitrogens with zero attached hydrogens (tertiary/aromatic N) is 3. The monoisotopic (exact) mass is 379 g/mol. The molecule has 2 aromatic carbocycles. The Morgan fingerprint density at radius 1 is 1.07 bits per heavy atom. The van der Waals surface area contributed by atoms with Crippen LogP contribution in [-0.2, 0) is 6.42 Å². The van der Waals surface area contributed by atoms with Gasteiger partial charge in [-0.25, -0.2) is 0 Å². The normalized spacial score (nSPS) is 12.3. The van der Waals surface area contributed by atoms with Gasteiger partial charge in [0.1, 0.15) is 19.0 Å². The summed E-state index contributed by atoms with van der Waals surface area (Å²) in [5.41, 5.74) is 2.01. The number of nitrogens with one attached hydrogen (secondary N) is 2. The van der Waals surface area contributed by atoms with Crippen LogP contribution in [0.25, 0.3) is 0 Å². The number of hydrogen-bond donors (Lipinski definition) is 2. The molecule has 0 aliphatic carbocycles. The molecule has 0 radical (unpaired) electrons. The molecule has 0 saturated carbocycles. The van der Waals surface area contributed by atoms with Crippen LogP contribution < -0.4 is 24.8 Å². The molecule has 144 valence electrons. The number of anilines is 3. The van der Waals surface area contributed by atoms with Gasteiger partial charge in [0.15, 0.2) is 17.3 Å². The van der Waals surface area contributed by atoms with Gasteiger partial charge in [0.05, 0.1) is 13.3 Å². The first-order valence-corrected chi connectivity index (χ1v) is 9.03. The standard InChI is InChI=1S/C20H21N5O3/c1-26-16-4-2-3-14(11-16)7-8-21-20-24-19(13-22-25-20)23-15-5-6-17-18(12-15)28-10-9-27-17/h2-6,11-13H,7-10H2,1H3,(H2,21,23,24,25). The summed E-state index contributed by atoms with van der Waals surface area (Å²) in [6, 6.07) is 13.6. The number of hydrogen-bond acceptors (Lipinski definition) is 8. The van der Waals surface area contributed by atoms with Gasteiger partial charge in [-0.3, -0.25) is 0 Å². The van der Waals surface area contributed by atoms with Gasteiger partial charge in [-0.1, -0.05) is 12.1 Å². The van der Waals surface area contributed by atoms with E-state index in [1.807, 2.05) is 36.4 Å². The van der Waals surface area contributed by atoms with E-state index in [4.69, 9.17) is 14.2 Å². The number of methoxy groups -OCH3 is 1. The fraction of sp³-hybridized carbons (Fsp3) is 0.250. The Balaban J connectivity index is 1.36. The smallest absolute Gasteiger partial charge is 0.244 e. The van der Waals surface area contributed by atoms with Crippen molar-refractivity contribution in [3.05, 3.63) is 54.2 Å². The highest BCUT2D eigenvalue weighted by Gasteiger charge is 2.12. The second-order valence-corrected chi connectivity index (χ2v) is 6.18. The molecule has 3 aromatic rings. The van der Waals surface area contributed by atoms with Crippen LogP contribution in [0.15, 0.2) is 48.7 Å². The van der Waals surface area contributed by atoms with Crippen LogP contribution in [0.5, 0.6) is 17.2 Å². The predicted octanol–water partition coefficient (Wildman–Crippen LogP) is 3.05. The molecule has 8 nitrogen and oxygen atoms in total. The first-order valence-electron chi connectivity index (χ1n) is 9.03. The maximum absolute atomic E-state index is 5.60. The van der Waals surface area contributed by atoms with Gasteiger partial charge in [-0.05, 0) is 36.2 Å². The molecule has 4 rings (SSSR count). The van der Waals surface area contributed by atoms with E-state index in [0.29, 0.717) is 31.5 Å². The Labute approximate surface area is 162 Å². The predicted molar refractivity (Wildman–Crippen MR) is 106 cm³/mol. The zero-order chi connectivity index (χ0) is 19.2. The fourth-order valence-corrected chi connectivity index (χ4v) is 2.85. The Morgan fingerprint density at radius 2 is 1.96 bits per heavy atom. The number of aromatic nitrogens is 3. The fourth-order valence-electron chi connectivity index (χ4n) is 2.85. The average molecular weight is 379 g/mol. The SMILES string of the molecule is COc1cccc(CCNc2nncc(Nc3ccc4c(c3)OCCO4)n2)c1. The Kier molecular flexibility index (Phi) is 5.37. The van der Waals surface area contributed by atoms with E-state index in [-0.39, 0.29) is 0 Å². The Hall–Kier alpha value is -3.55. The van der Waals surface area contributed by atoms with E-state index in [2.05, 4.69) is 31.9 Å². The highest BCUT2D eigenvalue weighted by molar-refractivity contribution is 5.61. The number of benzene rings is 2. The van der Waals surface area contributed by atoms with Crippen LogP contribution in [0.1, 0.15) is 5.56 Å². The molecule has 0 saturated heterocycles. The summed E-state index contributed by atoms with van der Waals surface area (Å²) in [5, 5.41) is 14.5. The van der Waals surface area contributed by atoms with Gasteiger partial charge in [0.2, 0.25) is 5.95 Å². The van der Waals surface area contributed by atoms with E-state index >= 15 is 0 Å². The maximum atomic E-state index is 5.60. The highest BCUT2D eigenvalue weighted by Crippen LogP contribution is 2.33. The molecule has 28 heavy (non-hydrogen) atoms. The van der Waals surface area contributed by atoms with Crippen molar-refractivity contribution in [2.75, 3.05) is 37.5 Å². The first kappa shape index (κ1) is 17.8. The van der Waals surface area contributed by atoms with Crippen LogP contribution in [-0.4, -0.2) is 42.0 Å². The third kappa shape index (κ3) is 4.40. The summed E-state index contributed by atoms with van der Waals surface area (Å²) in [5.74, 6) is 3.37. The lowest BCUT2D eigenvalue weighted by Crippen LogP contribution is -2.15. The van der Waals surface area contributed by atoms with E-state index < -0.39 is 0 Å². The van der Waals surface area contributed by atoms with Crippen molar-refractivity contribution in [1.29, 1.82) is 0 Å². The summed E-state index contributed by atoms with van der Waals surface area (Å²) >= 11 is 0. The van der Waals surface area contributed by atoms with Crippen molar-refractivity contribution in [1.82, 2.24) is 15.2 Å². The molecule has 0 bridgehead atoms. The second kappa shape index (κ2) is 8.43. The molecule has 0 amide bonds. The van der Waals surface area contributed by atoms with Crippen LogP contribution >= 0.6 is 0 Å². The van der Waals surface area contributed by atoms with Crippen LogP contribution in [0.4, 0.5) is 17.5 Å². The molecule has 2 N–H and O–H groups in total. The molecule has 0 unspecified atom stereocenters. The minimum Gasteiger partial charge on any atom is -0.497 e. The summed E-state index contributed by atoms with van der Waals surface area (Å²) in [6.45, 7) is 1.80. The van der Waals surface area contributed by atoms with Crippen LogP contribution in [0, 0.1) is 0 Å². The Morgan fingerprint density at radius 3 is 2.86 bits per heavy atom. The topological polar surface area (TPSA) is 90.4 Å². The minimum absolute atomic E-state index is 0.463. The summed E-state index contributed by atoms with van der Waals surface area (Å²) in [7, 11) is 1.66. The average Bonchev–Trinajstić information content (AvgIpc) is 2.74. The molecule has 0 atom stereocenters. The summed E-state index contributed by atoms with van der Waals surface area (Å²) in [6.07, 6.45) is 2.39. The van der Waals surface area contributed by atoms with Gasteiger partial charge in [-0.2, -0.15) is 10.1 Å². The van der Waals surface area contributed by atoms with Crippen molar-refractivity contribution >= 4 is 17.5 Å². The lowest BCUT2D eigenvalue weighted by Gasteiger charge is -2.19. The minimum atomic E-state index is 0.463. The molecule has 1 aromatic heterocycles. The van der Waals surface area contributed by atoms with Gasteiger partial charge < -0.3 is 24.8 Å². The second-order valence-electron chi connectivity index (χ2n) is 6.18. The summed E-state index contributed by atoms with van der Waals surface area (Å²) < 4.78 is 16.4. The van der Waals surface area contributed by atoms with Crippen LogP contribution in [0.3, 0.4) is 0 Å². The maximum Gasteiger partial charge on any atom is 0.244 e. The largest absolute Gasteiger partial charge is 0.497 e. The van der Waals surface area contributed by atoms with Gasteiger partial charge in [-0.15, -0.1) is 5.10 Å². The lowest BCUT2D eigenvalue weighted by atomic mass is 10.1. The third-order valence-electron chi connectivity index (χ3n) is 4.20. The van der Waals surface area contributed by atoms with E-state index in [1.165, 1.54) is 5.56 Å². The molecule has 8 heteroatoms. The molecule has 1 aliphatic rings. The number of ether oxygens (including phenoxy) is 3. The van der Waals surface area contributed by atoms with E-state index in [1.54, 1.807) is 13.3 Å². The van der Waals surface area contributed by atoms with Gasteiger partial charge >= 0.3 is 0 Å². The molecule has 0 fully saturated rings. The number of fused-ring (bicyclic) bond motifs is 1. The van der Waals surface area contributed by atoms with Crippen molar-refractivity contribution in [2.45, 2.75) is 6.42 Å². The van der Waals surface area contributed by atoms with E-state index in [0.717, 1.165) is 29.4 Å². The molecular formula is C20H21N5O3. The zero-order valence-corrected chi connectivity index (χ0v) is 15.5. The lowest BCUT2D eigenvalue weighted by molar-refractivity contribution is 0.171. The van der Waals surface area contributed by atoms with Crippen molar-refractivity contribution in [2.24, 2.45) is 0 Å². The first-order chi connectivity index (χ1) is 13.8. The quantitative estimate of drug-likeness (QED) is 0.647. The van der Waals surface area contributed by atoms with Gasteiger partial charge in [0.25, 0.3) is 0 Å². The van der Waals surface area contributed by atoms with Crippen molar-refractivity contribution in [3.63, 3.8) is 0 Å². The summed E-state index contributed by atoms with van der Waals surface area (Å²) in [4.78, 5) is 4.45. The zero-order valence-electron chi connectivity index (χ0n) is 15.5. The third-order valence-corrected chi connectivity index (χ3v) is 4.20. The van der Waals surface area contributed by atoms with Crippen molar-refractivity contribution in [3.8, 4) is 17.2 Å². The van der Waals surface area contributed by atoms with Gasteiger partial charge in [0, 0.05) is 18.3 Å². The van der Waals surface area contributed by atoms with Crippen LogP contribution in [0.2, 0.25) is 0 Å². The molecule has 0 spiro atoms. The highest BCUT2D eigenvalue weighted by atomic mass is 16.6.